The van der Waals surface area contributed by atoms with Crippen LogP contribution in [0.15, 0.2) is 65.0 Å². The fourth-order valence-electron chi connectivity index (χ4n) is 3.52. The molecule has 5 rings (SSSR count). The van der Waals surface area contributed by atoms with E-state index in [0.717, 1.165) is 11.1 Å². The number of anilines is 1. The number of fused-ring (bicyclic) bond motifs is 2. The van der Waals surface area contributed by atoms with E-state index in [4.69, 9.17) is 21.1 Å². The van der Waals surface area contributed by atoms with Crippen molar-refractivity contribution in [3.8, 4) is 11.5 Å². The Hall–Kier alpha value is -3.01. The molecule has 2 aliphatic heterocycles. The zero-order chi connectivity index (χ0) is 22.3. The van der Waals surface area contributed by atoms with Crippen molar-refractivity contribution >= 4 is 44.4 Å². The molecule has 1 aromatic heterocycles. The Morgan fingerprint density at radius 2 is 1.81 bits per heavy atom. The molecule has 2 aromatic carbocycles. The minimum atomic E-state index is -4.06. The second-order valence-corrected chi connectivity index (χ2v) is 10.4. The van der Waals surface area contributed by atoms with Gasteiger partial charge in [-0.25, -0.2) is 8.42 Å². The number of allylic oxidation sites excluding steroid dienone is 1. The SMILES string of the molecule is O=C1C(=CNCc2ccc3c(c2)OCO3)S(=O)(=O)N(Cc2ccc(Cl)cc2)c2ccsc21. The van der Waals surface area contributed by atoms with Gasteiger partial charge in [-0.05, 0) is 46.8 Å². The van der Waals surface area contributed by atoms with Gasteiger partial charge >= 0.3 is 0 Å². The average Bonchev–Trinajstić information content (AvgIpc) is 3.44. The van der Waals surface area contributed by atoms with Crippen molar-refractivity contribution < 1.29 is 22.7 Å². The second-order valence-electron chi connectivity index (χ2n) is 7.18. The molecule has 0 spiro atoms. The molecule has 0 saturated heterocycles. The van der Waals surface area contributed by atoms with E-state index in [1.807, 2.05) is 12.1 Å². The lowest BCUT2D eigenvalue weighted by molar-refractivity contribution is 0.104. The van der Waals surface area contributed by atoms with Gasteiger partial charge in [0.25, 0.3) is 10.0 Å². The predicted octanol–water partition coefficient (Wildman–Crippen LogP) is 4.29. The summed E-state index contributed by atoms with van der Waals surface area (Å²) in [4.78, 5) is 13.1. The van der Waals surface area contributed by atoms with Gasteiger partial charge in [0, 0.05) is 17.8 Å². The lowest BCUT2D eigenvalue weighted by atomic mass is 10.2. The van der Waals surface area contributed by atoms with Gasteiger partial charge in [0.1, 0.15) is 4.88 Å². The minimum Gasteiger partial charge on any atom is -0.454 e. The number of carbonyl (C=O) groups is 1. The highest BCUT2D eigenvalue weighted by atomic mass is 35.5. The van der Waals surface area contributed by atoms with Crippen molar-refractivity contribution in [3.63, 3.8) is 0 Å². The van der Waals surface area contributed by atoms with E-state index in [2.05, 4.69) is 5.32 Å². The fraction of sp³-hybridized carbons (Fsp3) is 0.136. The van der Waals surface area contributed by atoms with Crippen LogP contribution in [0, 0.1) is 0 Å². The molecule has 0 amide bonds. The number of rotatable bonds is 5. The molecular weight excluding hydrogens is 472 g/mol. The largest absolute Gasteiger partial charge is 0.454 e. The molecule has 0 bridgehead atoms. The number of nitrogens with one attached hydrogen (secondary N) is 1. The third-order valence-electron chi connectivity index (χ3n) is 5.13. The van der Waals surface area contributed by atoms with Gasteiger partial charge in [0.15, 0.2) is 16.4 Å². The first-order valence-electron chi connectivity index (χ1n) is 9.65. The lowest BCUT2D eigenvalue weighted by Gasteiger charge is -2.29. The van der Waals surface area contributed by atoms with E-state index >= 15 is 0 Å². The smallest absolute Gasteiger partial charge is 0.270 e. The summed E-state index contributed by atoms with van der Waals surface area (Å²) in [7, 11) is -4.06. The summed E-state index contributed by atoms with van der Waals surface area (Å²) in [6, 6.07) is 14.1. The van der Waals surface area contributed by atoms with E-state index in [9.17, 15) is 13.2 Å². The molecule has 164 valence electrons. The summed E-state index contributed by atoms with van der Waals surface area (Å²) in [5.41, 5.74) is 2.02. The van der Waals surface area contributed by atoms with Crippen LogP contribution in [0.4, 0.5) is 5.69 Å². The highest BCUT2D eigenvalue weighted by Crippen LogP contribution is 2.39. The van der Waals surface area contributed by atoms with Crippen LogP contribution >= 0.6 is 22.9 Å². The van der Waals surface area contributed by atoms with Gasteiger partial charge < -0.3 is 14.8 Å². The van der Waals surface area contributed by atoms with E-state index in [0.29, 0.717) is 33.6 Å². The number of benzene rings is 2. The van der Waals surface area contributed by atoms with Crippen molar-refractivity contribution in [2.45, 2.75) is 13.1 Å². The maximum atomic E-state index is 13.4. The molecule has 0 fully saturated rings. The van der Waals surface area contributed by atoms with Crippen molar-refractivity contribution in [1.29, 1.82) is 0 Å². The first-order chi connectivity index (χ1) is 15.4. The predicted molar refractivity (Wildman–Crippen MR) is 123 cm³/mol. The summed E-state index contributed by atoms with van der Waals surface area (Å²) in [5.74, 6) is 0.788. The number of ketones is 1. The maximum absolute atomic E-state index is 13.4. The molecule has 2 aliphatic rings. The lowest BCUT2D eigenvalue weighted by Crippen LogP contribution is -2.38. The van der Waals surface area contributed by atoms with E-state index in [1.54, 1.807) is 41.8 Å². The van der Waals surface area contributed by atoms with Crippen molar-refractivity contribution in [2.24, 2.45) is 0 Å². The first-order valence-corrected chi connectivity index (χ1v) is 12.3. The summed E-state index contributed by atoms with van der Waals surface area (Å²) < 4.78 is 38.7. The number of sulfonamides is 1. The first kappa shape index (κ1) is 20.9. The van der Waals surface area contributed by atoms with Crippen molar-refractivity contribution in [3.05, 3.63) is 86.0 Å². The molecule has 0 radical (unpaired) electrons. The highest BCUT2D eigenvalue weighted by Gasteiger charge is 2.41. The van der Waals surface area contributed by atoms with E-state index < -0.39 is 15.8 Å². The van der Waals surface area contributed by atoms with Crippen LogP contribution in [0.5, 0.6) is 11.5 Å². The Morgan fingerprint density at radius 3 is 2.62 bits per heavy atom. The summed E-state index contributed by atoms with van der Waals surface area (Å²) in [5, 5.41) is 5.25. The van der Waals surface area contributed by atoms with Gasteiger partial charge in [0.05, 0.1) is 12.2 Å². The molecule has 0 aliphatic carbocycles. The molecule has 3 aromatic rings. The topological polar surface area (TPSA) is 84.9 Å². The summed E-state index contributed by atoms with van der Waals surface area (Å²) in [6.45, 7) is 0.586. The van der Waals surface area contributed by atoms with Crippen LogP contribution in [-0.2, 0) is 23.1 Å². The highest BCUT2D eigenvalue weighted by molar-refractivity contribution is 7.97. The van der Waals surface area contributed by atoms with Gasteiger partial charge in [-0.15, -0.1) is 11.3 Å². The van der Waals surface area contributed by atoms with Crippen LogP contribution in [0.2, 0.25) is 5.02 Å². The molecule has 0 unspecified atom stereocenters. The molecule has 10 heteroatoms. The number of halogens is 1. The van der Waals surface area contributed by atoms with Crippen LogP contribution in [0.25, 0.3) is 0 Å². The monoisotopic (exact) mass is 488 g/mol. The molecule has 32 heavy (non-hydrogen) atoms. The maximum Gasteiger partial charge on any atom is 0.270 e. The zero-order valence-electron chi connectivity index (χ0n) is 16.6. The molecule has 1 N–H and O–H groups in total. The van der Waals surface area contributed by atoms with E-state index in [1.165, 1.54) is 21.8 Å². The Bertz CT molecular complexity index is 1330. The molecule has 0 atom stereocenters. The van der Waals surface area contributed by atoms with Crippen LogP contribution < -0.4 is 19.1 Å². The molecule has 0 saturated carbocycles. The Labute approximate surface area is 193 Å². The van der Waals surface area contributed by atoms with Gasteiger partial charge in [0.2, 0.25) is 12.6 Å². The van der Waals surface area contributed by atoms with Gasteiger partial charge in [-0.3, -0.25) is 9.10 Å². The summed E-state index contributed by atoms with van der Waals surface area (Å²) >= 11 is 7.17. The van der Waals surface area contributed by atoms with Crippen LogP contribution in [0.3, 0.4) is 0 Å². The Morgan fingerprint density at radius 1 is 1.06 bits per heavy atom. The molecule has 7 nitrogen and oxygen atoms in total. The van der Waals surface area contributed by atoms with Crippen molar-refractivity contribution in [1.82, 2.24) is 5.32 Å². The normalized spacial score (nSPS) is 17.5. The number of thiophene rings is 1. The third kappa shape index (κ3) is 3.72. The zero-order valence-corrected chi connectivity index (χ0v) is 19.0. The Balaban J connectivity index is 1.43. The number of nitrogens with zero attached hydrogens (tertiary/aromatic N) is 1. The molecule has 3 heterocycles. The number of Topliss-reactive ketones (excluding diaryl/α,β-unsaturated/α-hetero) is 1. The van der Waals surface area contributed by atoms with Gasteiger partial charge in [-0.1, -0.05) is 29.8 Å². The van der Waals surface area contributed by atoms with Crippen LogP contribution in [-0.4, -0.2) is 21.0 Å². The van der Waals surface area contributed by atoms with Gasteiger partial charge in [-0.2, -0.15) is 0 Å². The average molecular weight is 489 g/mol. The standard InChI is InChI=1S/C22H17ClN2O5S2/c23-16-4-1-14(2-5-16)12-25-17-7-8-31-22(17)21(26)20(32(25,27)28)11-24-10-15-3-6-18-19(9-15)30-13-29-18/h1-9,11,24H,10,12-13H2. The van der Waals surface area contributed by atoms with Crippen molar-refractivity contribution in [2.75, 3.05) is 11.1 Å². The minimum absolute atomic E-state index is 0.0933. The summed E-state index contributed by atoms with van der Waals surface area (Å²) in [6.07, 6.45) is 1.28. The molecular formula is C22H17ClN2O5S2. The number of hydrogen-bond acceptors (Lipinski definition) is 7. The number of hydrogen-bond donors (Lipinski definition) is 1. The third-order valence-corrected chi connectivity index (χ3v) is 8.05. The fourth-order valence-corrected chi connectivity index (χ4v) is 6.16. The second kappa shape index (κ2) is 8.16. The Kier molecular flexibility index (Phi) is 5.32. The number of carbonyl (C=O) groups excluding carboxylic acids is 1. The quantitative estimate of drug-likeness (QED) is 0.539. The number of ether oxygens (including phenoxy) is 2. The van der Waals surface area contributed by atoms with E-state index in [-0.39, 0.29) is 18.2 Å². The van der Waals surface area contributed by atoms with Crippen LogP contribution in [0.1, 0.15) is 20.8 Å².